The van der Waals surface area contributed by atoms with Gasteiger partial charge in [-0.1, -0.05) is 12.1 Å². The van der Waals surface area contributed by atoms with Crippen LogP contribution in [0.2, 0.25) is 0 Å². The summed E-state index contributed by atoms with van der Waals surface area (Å²) in [5, 5.41) is 12.6. The Labute approximate surface area is 269 Å². The molecule has 3 amide bonds. The highest BCUT2D eigenvalue weighted by Gasteiger charge is 2.58. The number of aliphatic hydroxyl groups is 1. The summed E-state index contributed by atoms with van der Waals surface area (Å²) in [6.07, 6.45) is -0.0590. The van der Waals surface area contributed by atoms with Crippen LogP contribution in [0.4, 0.5) is 21.8 Å². The first-order valence-electron chi connectivity index (χ1n) is 15.4. The molecule has 0 saturated carbocycles. The van der Waals surface area contributed by atoms with Gasteiger partial charge in [-0.3, -0.25) is 14.4 Å². The molecule has 1 aromatic heterocycles. The average Bonchev–Trinajstić information content (AvgIpc) is 3.55. The van der Waals surface area contributed by atoms with E-state index in [0.717, 1.165) is 19.4 Å². The van der Waals surface area contributed by atoms with Crippen LogP contribution >= 0.6 is 0 Å². The third kappa shape index (κ3) is 6.12. The lowest BCUT2D eigenvalue weighted by Crippen LogP contribution is -2.65. The number of hydrogen-bond donors (Lipinski definition) is 2. The summed E-state index contributed by atoms with van der Waals surface area (Å²) in [5.41, 5.74) is -0.0698. The third-order valence-electron chi connectivity index (χ3n) is 9.18. The molecule has 5 rings (SSSR count). The van der Waals surface area contributed by atoms with Crippen molar-refractivity contribution in [2.75, 3.05) is 13.1 Å². The van der Waals surface area contributed by atoms with Crippen molar-refractivity contribution in [3.05, 3.63) is 76.3 Å². The van der Waals surface area contributed by atoms with E-state index in [0.29, 0.717) is 40.8 Å². The number of amides is 3. The van der Waals surface area contributed by atoms with Crippen LogP contribution in [-0.2, 0) is 16.1 Å². The summed E-state index contributed by atoms with van der Waals surface area (Å²) in [6.45, 7) is 2.81. The van der Waals surface area contributed by atoms with E-state index in [2.05, 4.69) is 5.32 Å². The standard InChI is InChI=1S/C32H37BF5N5O4/c1-19-14-20(2)42-27(19)15-26-11-10-25(43(26)33(42,37)38)12-13-28(44)39-16-23-6-8-24(9-7-23)29(45)40-17-22(4)41(18-21(40)3)30(46)31(5,47)32(34,35)36/h6-11,14-15,21-22,47H,12-13,16-18H2,1-5H3,(H,39,44)/t21-,22+,31-/m1/s1. The Morgan fingerprint density at radius 2 is 1.64 bits per heavy atom. The molecule has 9 nitrogen and oxygen atoms in total. The van der Waals surface area contributed by atoms with Crippen LogP contribution in [-0.4, -0.2) is 91.2 Å². The highest BCUT2D eigenvalue weighted by molar-refractivity contribution is 6.58. The lowest BCUT2D eigenvalue weighted by atomic mass is 9.90. The van der Waals surface area contributed by atoms with Gasteiger partial charge in [-0.25, -0.2) is 0 Å². The van der Waals surface area contributed by atoms with Crippen LogP contribution < -0.4 is 5.32 Å². The van der Waals surface area contributed by atoms with Crippen molar-refractivity contribution in [2.24, 2.45) is 0 Å². The number of rotatable bonds is 7. The first-order valence-corrected chi connectivity index (χ1v) is 15.4. The Balaban J connectivity index is 1.15. The third-order valence-corrected chi connectivity index (χ3v) is 9.18. The molecule has 252 valence electrons. The number of piperazine rings is 1. The predicted octanol–water partition coefficient (Wildman–Crippen LogP) is 4.18. The molecule has 3 atom stereocenters. The largest absolute Gasteiger partial charge is 0.737 e. The van der Waals surface area contributed by atoms with Gasteiger partial charge in [-0.2, -0.15) is 13.2 Å². The first kappa shape index (κ1) is 34.1. The lowest BCUT2D eigenvalue weighted by Gasteiger charge is -2.46. The fourth-order valence-corrected chi connectivity index (χ4v) is 6.45. The zero-order valence-electron chi connectivity index (χ0n) is 26.7. The topological polar surface area (TPSA) is 97.9 Å². The molecular formula is C32H37BF5N5O4. The second kappa shape index (κ2) is 12.1. The number of alkyl halides is 3. The summed E-state index contributed by atoms with van der Waals surface area (Å²) in [6, 6.07) is 6.79. The maximum absolute atomic E-state index is 15.6. The molecule has 1 saturated heterocycles. The highest BCUT2D eigenvalue weighted by Crippen LogP contribution is 2.35. The number of carbonyl (C=O) groups excluding carboxylic acids is 3. The molecule has 0 spiro atoms. The number of halogens is 5. The van der Waals surface area contributed by atoms with E-state index in [1.54, 1.807) is 69.3 Å². The number of aryl methyl sites for hydroxylation is 2. The van der Waals surface area contributed by atoms with Crippen molar-refractivity contribution >= 4 is 36.5 Å². The van der Waals surface area contributed by atoms with E-state index < -0.39 is 36.7 Å². The van der Waals surface area contributed by atoms with E-state index >= 15 is 8.63 Å². The minimum absolute atomic E-state index is 0.00825. The molecule has 15 heteroatoms. The summed E-state index contributed by atoms with van der Waals surface area (Å²) in [4.78, 5) is 40.9. The highest BCUT2D eigenvalue weighted by atomic mass is 19.4. The Kier molecular flexibility index (Phi) is 8.75. The second-order valence-electron chi connectivity index (χ2n) is 12.7. The molecule has 0 bridgehead atoms. The number of nitrogens with zero attached hydrogens (tertiary/aromatic N) is 4. The molecule has 3 aliphatic rings. The lowest BCUT2D eigenvalue weighted by molar-refractivity contribution is -0.362. The van der Waals surface area contributed by atoms with Gasteiger partial charge in [0, 0.05) is 74.0 Å². The molecule has 2 N–H and O–H groups in total. The fourth-order valence-electron chi connectivity index (χ4n) is 6.45. The maximum atomic E-state index is 15.6. The van der Waals surface area contributed by atoms with E-state index in [9.17, 15) is 32.7 Å². The smallest absolute Gasteiger partial charge is 0.394 e. The van der Waals surface area contributed by atoms with Gasteiger partial charge in [-0.05, 0) is 69.6 Å². The van der Waals surface area contributed by atoms with Crippen LogP contribution in [0.1, 0.15) is 66.5 Å². The van der Waals surface area contributed by atoms with Crippen LogP contribution in [0.5, 0.6) is 0 Å². The van der Waals surface area contributed by atoms with Crippen LogP contribution in [0.15, 0.2) is 48.2 Å². The number of aromatic nitrogens is 1. The zero-order chi connectivity index (χ0) is 34.6. The normalized spacial score (nSPS) is 21.6. The van der Waals surface area contributed by atoms with E-state index in [-0.39, 0.29) is 44.3 Å². The minimum atomic E-state index is -5.15. The van der Waals surface area contributed by atoms with Crippen molar-refractivity contribution in [1.29, 1.82) is 0 Å². The summed E-state index contributed by atoms with van der Waals surface area (Å²) in [7, 11) is 0. The molecule has 47 heavy (non-hydrogen) atoms. The molecule has 2 aromatic rings. The SMILES string of the molecule is Cc1cc(C)n2c1C=C1C=CC(CCC(=O)NCc3ccc(C(=O)N4C[C@H](C)N(C(=O)[C@@](C)(O)C(F)(F)F)C[C@H]4C)cc3)=[N+]1[B-]2(F)F. The maximum Gasteiger partial charge on any atom is 0.737 e. The van der Waals surface area contributed by atoms with Gasteiger partial charge >= 0.3 is 13.1 Å². The molecule has 1 fully saturated rings. The van der Waals surface area contributed by atoms with Crippen LogP contribution in [0, 0.1) is 13.8 Å². The summed E-state index contributed by atoms with van der Waals surface area (Å²) in [5.74, 6) is -2.17. The fraction of sp³-hybridized carbons (Fsp3) is 0.438. The number of nitrogens with one attached hydrogen (secondary N) is 1. The van der Waals surface area contributed by atoms with Gasteiger partial charge in [0.15, 0.2) is 5.70 Å². The summed E-state index contributed by atoms with van der Waals surface area (Å²) >= 11 is 0. The van der Waals surface area contributed by atoms with Gasteiger partial charge in [0.25, 0.3) is 11.8 Å². The first-order chi connectivity index (χ1) is 21.8. The molecule has 3 aliphatic heterocycles. The van der Waals surface area contributed by atoms with E-state index in [1.165, 1.54) is 11.8 Å². The number of allylic oxidation sites excluding steroid dienone is 2. The van der Waals surface area contributed by atoms with Crippen molar-refractivity contribution < 1.29 is 45.8 Å². The minimum Gasteiger partial charge on any atom is -0.394 e. The quantitative estimate of drug-likeness (QED) is 0.344. The Morgan fingerprint density at radius 1 is 1.02 bits per heavy atom. The van der Waals surface area contributed by atoms with Crippen molar-refractivity contribution in [3.8, 4) is 0 Å². The molecule has 0 aliphatic carbocycles. The van der Waals surface area contributed by atoms with Gasteiger partial charge in [0.05, 0.1) is 0 Å². The Bertz CT molecular complexity index is 1710. The Hall–Kier alpha value is -4.27. The second-order valence-corrected chi connectivity index (χ2v) is 12.7. The van der Waals surface area contributed by atoms with E-state index in [1.807, 2.05) is 0 Å². The molecule has 0 radical (unpaired) electrons. The number of carbonyl (C=O) groups is 3. The molecule has 4 heterocycles. The van der Waals surface area contributed by atoms with Gasteiger partial charge < -0.3 is 37.8 Å². The van der Waals surface area contributed by atoms with Crippen molar-refractivity contribution in [2.45, 2.75) is 77.9 Å². The number of hydrogen-bond acceptors (Lipinski definition) is 4. The van der Waals surface area contributed by atoms with Gasteiger partial charge in [0.2, 0.25) is 11.5 Å². The molecule has 1 aromatic carbocycles. The Morgan fingerprint density at radius 3 is 2.28 bits per heavy atom. The number of benzene rings is 1. The molecular weight excluding hydrogens is 624 g/mol. The predicted molar refractivity (Wildman–Crippen MR) is 166 cm³/mol. The monoisotopic (exact) mass is 661 g/mol. The average molecular weight is 661 g/mol. The summed E-state index contributed by atoms with van der Waals surface area (Å²) < 4.78 is 73.0. The zero-order valence-corrected chi connectivity index (χ0v) is 26.7. The molecule has 0 unspecified atom stereocenters. The van der Waals surface area contributed by atoms with E-state index in [4.69, 9.17) is 0 Å². The van der Waals surface area contributed by atoms with Crippen LogP contribution in [0.3, 0.4) is 0 Å². The van der Waals surface area contributed by atoms with Crippen LogP contribution in [0.25, 0.3) is 6.08 Å². The van der Waals surface area contributed by atoms with Crippen molar-refractivity contribution in [3.63, 3.8) is 0 Å². The number of fused-ring (bicyclic) bond motifs is 2. The van der Waals surface area contributed by atoms with Crippen molar-refractivity contribution in [1.82, 2.24) is 19.6 Å². The van der Waals surface area contributed by atoms with Gasteiger partial charge in [0.1, 0.15) is 5.71 Å². The van der Waals surface area contributed by atoms with Gasteiger partial charge in [-0.15, -0.1) is 0 Å².